The average molecular weight is 285 g/mol. The van der Waals surface area contributed by atoms with Crippen molar-refractivity contribution in [2.24, 2.45) is 5.41 Å². The molecule has 0 saturated heterocycles. The SMILES string of the molecule is CNC(CCc1ccc(Cl)cc1[N+](=O)[O-])C(C)(C)C. The Hall–Kier alpha value is -1.13. The van der Waals surface area contributed by atoms with Crippen molar-refractivity contribution < 1.29 is 4.92 Å². The summed E-state index contributed by atoms with van der Waals surface area (Å²) in [6, 6.07) is 5.18. The van der Waals surface area contributed by atoms with E-state index >= 15 is 0 Å². The first kappa shape index (κ1) is 15.9. The van der Waals surface area contributed by atoms with Gasteiger partial charge in [0.25, 0.3) is 5.69 Å². The number of nitro benzene ring substituents is 1. The molecule has 0 heterocycles. The van der Waals surface area contributed by atoms with E-state index in [1.54, 1.807) is 12.1 Å². The lowest BCUT2D eigenvalue weighted by molar-refractivity contribution is -0.385. The molecule has 19 heavy (non-hydrogen) atoms. The zero-order chi connectivity index (χ0) is 14.6. The largest absolute Gasteiger partial charge is 0.316 e. The summed E-state index contributed by atoms with van der Waals surface area (Å²) in [7, 11) is 1.92. The van der Waals surface area contributed by atoms with Crippen LogP contribution in [0.5, 0.6) is 0 Å². The van der Waals surface area contributed by atoms with Crippen LogP contribution in [0.2, 0.25) is 5.02 Å². The van der Waals surface area contributed by atoms with Crippen LogP contribution in [0.1, 0.15) is 32.8 Å². The van der Waals surface area contributed by atoms with Gasteiger partial charge in [-0.2, -0.15) is 0 Å². The van der Waals surface area contributed by atoms with Crippen LogP contribution in [0.3, 0.4) is 0 Å². The Kier molecular flexibility index (Phi) is 5.32. The summed E-state index contributed by atoms with van der Waals surface area (Å²) >= 11 is 5.81. The highest BCUT2D eigenvalue weighted by atomic mass is 35.5. The minimum Gasteiger partial charge on any atom is -0.316 e. The van der Waals surface area contributed by atoms with Crippen molar-refractivity contribution in [3.8, 4) is 0 Å². The van der Waals surface area contributed by atoms with Crippen molar-refractivity contribution in [2.45, 2.75) is 39.7 Å². The molecule has 0 fully saturated rings. The fourth-order valence-corrected chi connectivity index (χ4v) is 2.39. The number of rotatable bonds is 5. The molecule has 1 aromatic rings. The van der Waals surface area contributed by atoms with Crippen LogP contribution < -0.4 is 5.32 Å². The Bertz CT molecular complexity index is 455. The fourth-order valence-electron chi connectivity index (χ4n) is 2.23. The summed E-state index contributed by atoms with van der Waals surface area (Å²) in [5.74, 6) is 0. The lowest BCUT2D eigenvalue weighted by Gasteiger charge is -2.30. The molecule has 0 spiro atoms. The smallest absolute Gasteiger partial charge is 0.274 e. The van der Waals surface area contributed by atoms with Gasteiger partial charge in [-0.3, -0.25) is 10.1 Å². The zero-order valence-electron chi connectivity index (χ0n) is 11.9. The van der Waals surface area contributed by atoms with E-state index in [0.29, 0.717) is 17.5 Å². The van der Waals surface area contributed by atoms with Crippen molar-refractivity contribution in [1.82, 2.24) is 5.32 Å². The predicted molar refractivity (Wildman–Crippen MR) is 78.7 cm³/mol. The summed E-state index contributed by atoms with van der Waals surface area (Å²) in [5.41, 5.74) is 0.964. The Morgan fingerprint density at radius 1 is 1.42 bits per heavy atom. The van der Waals surface area contributed by atoms with Crippen LogP contribution >= 0.6 is 11.6 Å². The summed E-state index contributed by atoms with van der Waals surface area (Å²) < 4.78 is 0. The lowest BCUT2D eigenvalue weighted by Crippen LogP contribution is -2.38. The highest BCUT2D eigenvalue weighted by Crippen LogP contribution is 2.27. The molecule has 4 nitrogen and oxygen atoms in total. The van der Waals surface area contributed by atoms with E-state index in [1.165, 1.54) is 6.07 Å². The molecule has 5 heteroatoms. The molecule has 0 saturated carbocycles. The molecule has 1 aromatic carbocycles. The van der Waals surface area contributed by atoms with Crippen LogP contribution in [-0.4, -0.2) is 18.0 Å². The number of nitro groups is 1. The minimum absolute atomic E-state index is 0.108. The molecule has 1 N–H and O–H groups in total. The van der Waals surface area contributed by atoms with Gasteiger partial charge in [-0.25, -0.2) is 0 Å². The first-order chi connectivity index (χ1) is 8.75. The molecule has 0 aliphatic rings. The molecular weight excluding hydrogens is 264 g/mol. The maximum atomic E-state index is 11.0. The van der Waals surface area contributed by atoms with Gasteiger partial charge < -0.3 is 5.32 Å². The van der Waals surface area contributed by atoms with E-state index in [0.717, 1.165) is 12.0 Å². The van der Waals surface area contributed by atoms with E-state index in [4.69, 9.17) is 11.6 Å². The Labute approximate surface area is 119 Å². The maximum Gasteiger partial charge on any atom is 0.274 e. The molecule has 0 bridgehead atoms. The van der Waals surface area contributed by atoms with Crippen LogP contribution in [-0.2, 0) is 6.42 Å². The molecule has 1 unspecified atom stereocenters. The monoisotopic (exact) mass is 284 g/mol. The van der Waals surface area contributed by atoms with Crippen LogP contribution in [0.25, 0.3) is 0 Å². The standard InChI is InChI=1S/C14H21ClN2O2/c1-14(2,3)13(16-4)8-6-10-5-7-11(15)9-12(10)17(18)19/h5,7,9,13,16H,6,8H2,1-4H3. The van der Waals surface area contributed by atoms with Gasteiger partial charge in [0.1, 0.15) is 0 Å². The van der Waals surface area contributed by atoms with Gasteiger partial charge in [0, 0.05) is 22.7 Å². The predicted octanol–water partition coefficient (Wildman–Crippen LogP) is 3.81. The van der Waals surface area contributed by atoms with Crippen molar-refractivity contribution in [3.63, 3.8) is 0 Å². The summed E-state index contributed by atoms with van der Waals surface area (Å²) in [4.78, 5) is 10.6. The quantitative estimate of drug-likeness (QED) is 0.661. The van der Waals surface area contributed by atoms with Crippen molar-refractivity contribution >= 4 is 17.3 Å². The van der Waals surface area contributed by atoms with Gasteiger partial charge >= 0.3 is 0 Å². The van der Waals surface area contributed by atoms with E-state index in [-0.39, 0.29) is 16.0 Å². The summed E-state index contributed by atoms with van der Waals surface area (Å²) in [5, 5.41) is 14.7. The Morgan fingerprint density at radius 2 is 2.05 bits per heavy atom. The number of halogens is 1. The average Bonchev–Trinajstić information content (AvgIpc) is 2.29. The Morgan fingerprint density at radius 3 is 2.53 bits per heavy atom. The number of hydrogen-bond donors (Lipinski definition) is 1. The van der Waals surface area contributed by atoms with Crippen molar-refractivity contribution in [3.05, 3.63) is 38.9 Å². The molecule has 0 radical (unpaired) electrons. The lowest BCUT2D eigenvalue weighted by atomic mass is 9.83. The number of hydrogen-bond acceptors (Lipinski definition) is 3. The second kappa shape index (κ2) is 6.35. The number of nitrogens with zero attached hydrogens (tertiary/aromatic N) is 1. The number of benzene rings is 1. The van der Waals surface area contributed by atoms with Gasteiger partial charge in [-0.15, -0.1) is 0 Å². The van der Waals surface area contributed by atoms with E-state index in [9.17, 15) is 10.1 Å². The molecule has 0 aliphatic carbocycles. The van der Waals surface area contributed by atoms with Gasteiger partial charge in [0.15, 0.2) is 0 Å². The summed E-state index contributed by atoms with van der Waals surface area (Å²) in [6.07, 6.45) is 1.51. The molecular formula is C14H21ClN2O2. The zero-order valence-corrected chi connectivity index (χ0v) is 12.6. The van der Waals surface area contributed by atoms with Crippen LogP contribution in [0, 0.1) is 15.5 Å². The van der Waals surface area contributed by atoms with E-state index in [1.807, 2.05) is 7.05 Å². The molecule has 0 aliphatic heterocycles. The van der Waals surface area contributed by atoms with Gasteiger partial charge in [0.05, 0.1) is 4.92 Å². The highest BCUT2D eigenvalue weighted by molar-refractivity contribution is 6.30. The fraction of sp³-hybridized carbons (Fsp3) is 0.571. The molecule has 0 amide bonds. The van der Waals surface area contributed by atoms with Crippen LogP contribution in [0.15, 0.2) is 18.2 Å². The molecule has 1 rings (SSSR count). The van der Waals surface area contributed by atoms with Crippen LogP contribution in [0.4, 0.5) is 5.69 Å². The third-order valence-corrected chi connectivity index (χ3v) is 3.58. The number of nitrogens with one attached hydrogen (secondary N) is 1. The van der Waals surface area contributed by atoms with Gasteiger partial charge in [0.2, 0.25) is 0 Å². The van der Waals surface area contributed by atoms with Gasteiger partial charge in [-0.05, 0) is 31.4 Å². The third-order valence-electron chi connectivity index (χ3n) is 3.34. The third kappa shape index (κ3) is 4.48. The van der Waals surface area contributed by atoms with Crippen molar-refractivity contribution in [2.75, 3.05) is 7.05 Å². The molecule has 0 aromatic heterocycles. The summed E-state index contributed by atoms with van der Waals surface area (Å²) in [6.45, 7) is 6.47. The second-order valence-electron chi connectivity index (χ2n) is 5.78. The maximum absolute atomic E-state index is 11.0. The normalized spacial score (nSPS) is 13.3. The van der Waals surface area contributed by atoms with E-state index in [2.05, 4.69) is 26.1 Å². The Balaban J connectivity index is 2.86. The molecule has 106 valence electrons. The van der Waals surface area contributed by atoms with E-state index < -0.39 is 0 Å². The topological polar surface area (TPSA) is 55.2 Å². The molecule has 1 atom stereocenters. The second-order valence-corrected chi connectivity index (χ2v) is 6.21. The minimum atomic E-state index is -0.368. The van der Waals surface area contributed by atoms with Gasteiger partial charge in [-0.1, -0.05) is 38.4 Å². The van der Waals surface area contributed by atoms with Crippen molar-refractivity contribution in [1.29, 1.82) is 0 Å². The highest BCUT2D eigenvalue weighted by Gasteiger charge is 2.24. The number of aryl methyl sites for hydroxylation is 1. The first-order valence-corrected chi connectivity index (χ1v) is 6.73. The first-order valence-electron chi connectivity index (χ1n) is 6.35.